The fraction of sp³-hybridized carbons (Fsp3) is 0. The van der Waals surface area contributed by atoms with Gasteiger partial charge >= 0.3 is 0 Å². The van der Waals surface area contributed by atoms with Crippen molar-refractivity contribution < 1.29 is 122 Å². The van der Waals surface area contributed by atoms with Gasteiger partial charge in [0.25, 0.3) is 0 Å². The average Bonchev–Trinajstić information content (AvgIpc) is 1.00. The van der Waals surface area contributed by atoms with Crippen molar-refractivity contribution in [3.05, 3.63) is 0 Å². The Labute approximate surface area is 131 Å². The molecule has 0 N–H and O–H groups in total. The fourth-order valence-corrected chi connectivity index (χ4v) is 0. The minimum Gasteiger partial charge on any atom is -0.197 e. The van der Waals surface area contributed by atoms with Crippen molar-refractivity contribution >= 4 is 12.5 Å². The van der Waals surface area contributed by atoms with Gasteiger partial charge in [-0.05, 0) is 0 Å². The summed E-state index contributed by atoms with van der Waals surface area (Å²) in [7, 11) is 0. The molecule has 0 aliphatic heterocycles. The van der Waals surface area contributed by atoms with Crippen LogP contribution in [0.1, 0.15) is 0 Å². The molecule has 0 bridgehead atoms. The van der Waals surface area contributed by atoms with Gasteiger partial charge in [0.1, 0.15) is 0 Å². The largest absolute Gasteiger partial charge is 0.197 e. The molecule has 0 saturated heterocycles. The average molecular weight is 474 g/mol. The fourth-order valence-electron chi connectivity index (χ4n) is 0. The molecular formula is CdOSTbYZn. The second-order valence-corrected chi connectivity index (χ2v) is 0. The normalized spacial score (nSPS) is 0.667. The summed E-state index contributed by atoms with van der Waals surface area (Å²) >= 11 is 2.83. The molecule has 0 spiro atoms. The van der Waals surface area contributed by atoms with Crippen molar-refractivity contribution in [3.63, 3.8) is 0 Å². The first-order valence-electron chi connectivity index (χ1n) is 0.167. The molecule has 0 heterocycles. The molecule has 0 aliphatic carbocycles. The van der Waals surface area contributed by atoms with Crippen LogP contribution in [0.15, 0.2) is 0 Å². The first-order valence-corrected chi connectivity index (χ1v) is 0.500. The van der Waals surface area contributed by atoms with Gasteiger partial charge in [-0.15, -0.1) is 0 Å². The van der Waals surface area contributed by atoms with E-state index in [1.807, 2.05) is 0 Å². The molecule has 0 rings (SSSR count). The SMILES string of the molecule is O=S.[Cd].[Tb].[Y].[Zn]. The number of hydrogen-bond acceptors (Lipinski definition) is 2. The first-order chi connectivity index (χ1) is 1.00. The van der Waals surface area contributed by atoms with E-state index in [-0.39, 0.29) is 118 Å². The van der Waals surface area contributed by atoms with E-state index in [1.54, 1.807) is 0 Å². The summed E-state index contributed by atoms with van der Waals surface area (Å²) in [6, 6.07) is 0. The Morgan fingerprint density at radius 2 is 1.17 bits per heavy atom. The van der Waals surface area contributed by atoms with Crippen molar-refractivity contribution in [2.45, 2.75) is 0 Å². The third kappa shape index (κ3) is 24.6. The number of hydrogen-bond donors (Lipinski definition) is 0. The standard InChI is InChI=1S/Cd.OS.Tb.Y.Zn/c;1-2;;;. The van der Waals surface area contributed by atoms with Crippen LogP contribution in [0.5, 0.6) is 0 Å². The van der Waals surface area contributed by atoms with E-state index in [1.165, 1.54) is 0 Å². The summed E-state index contributed by atoms with van der Waals surface area (Å²) in [6.07, 6.45) is 0. The topological polar surface area (TPSA) is 17.1 Å². The molecule has 0 aromatic heterocycles. The van der Waals surface area contributed by atoms with Gasteiger partial charge in [-0.1, -0.05) is 0 Å². The van der Waals surface area contributed by atoms with E-state index >= 15 is 0 Å². The van der Waals surface area contributed by atoms with Crippen molar-refractivity contribution in [3.8, 4) is 0 Å². The minimum absolute atomic E-state index is 0. The maximum atomic E-state index is 7.83. The zero-order chi connectivity index (χ0) is 2.00. The zero-order valence-corrected chi connectivity index (χ0v) is 15.9. The summed E-state index contributed by atoms with van der Waals surface area (Å²) in [4.78, 5) is 0. The molecule has 0 fully saturated rings. The van der Waals surface area contributed by atoms with Crippen LogP contribution < -0.4 is 0 Å². The van der Waals surface area contributed by atoms with Gasteiger partial charge in [-0.25, -0.2) is 0 Å². The minimum atomic E-state index is 0. The molecule has 0 amide bonds. The van der Waals surface area contributed by atoms with Gasteiger partial charge in [0.05, 0.1) is 0 Å². The first kappa shape index (κ1) is 32.5. The van der Waals surface area contributed by atoms with Gasteiger partial charge in [-0.2, -0.15) is 4.21 Å². The van der Waals surface area contributed by atoms with Crippen LogP contribution >= 0.6 is 0 Å². The van der Waals surface area contributed by atoms with Gasteiger partial charge in [0.15, 0.2) is 12.5 Å². The van der Waals surface area contributed by atoms with E-state index in [4.69, 9.17) is 4.21 Å². The third-order valence-corrected chi connectivity index (χ3v) is 0. The Balaban J connectivity index is -0.000000000833. The molecule has 0 aromatic carbocycles. The molecule has 2 radical (unpaired) electrons. The smallest absolute Gasteiger partial charge is 0.197 e. The molecule has 0 unspecified atom stereocenters. The van der Waals surface area contributed by atoms with E-state index in [9.17, 15) is 0 Å². The maximum absolute atomic E-state index is 7.83. The van der Waals surface area contributed by atoms with E-state index in [0.29, 0.717) is 0 Å². The summed E-state index contributed by atoms with van der Waals surface area (Å²) in [5.74, 6) is 0. The van der Waals surface area contributed by atoms with Crippen molar-refractivity contribution in [1.82, 2.24) is 0 Å². The molecule has 0 aromatic rings. The quantitative estimate of drug-likeness (QED) is 0.448. The zero-order valence-electron chi connectivity index (χ0n) is 3.14. The summed E-state index contributed by atoms with van der Waals surface area (Å²) in [6.45, 7) is 0. The predicted octanol–water partition coefficient (Wildman–Crippen LogP) is -0.344. The van der Waals surface area contributed by atoms with Crippen LogP contribution in [0.2, 0.25) is 0 Å². The van der Waals surface area contributed by atoms with Crippen LogP contribution in [-0.4, -0.2) is 4.21 Å². The Morgan fingerprint density at radius 1 is 1.17 bits per heavy atom. The maximum Gasteiger partial charge on any atom is 0.197 e. The van der Waals surface area contributed by atoms with Crippen LogP contribution in [0.3, 0.4) is 0 Å². The Morgan fingerprint density at radius 3 is 1.17 bits per heavy atom. The van der Waals surface area contributed by atoms with Crippen LogP contribution in [0, 0.1) is 38.6 Å². The second-order valence-electron chi connectivity index (χ2n) is 0. The predicted molar refractivity (Wildman–Crippen MR) is 8.14 cm³/mol. The second kappa shape index (κ2) is 36.2. The molecule has 0 atom stereocenters. The van der Waals surface area contributed by atoms with E-state index in [2.05, 4.69) is 12.5 Å². The van der Waals surface area contributed by atoms with E-state index < -0.39 is 0 Å². The summed E-state index contributed by atoms with van der Waals surface area (Å²) in [5.41, 5.74) is 0. The van der Waals surface area contributed by atoms with Crippen LogP contribution in [0.4, 0.5) is 0 Å². The monoisotopic (exact) mass is 474 g/mol. The molecule has 28 valence electrons. The van der Waals surface area contributed by atoms with Crippen LogP contribution in [-0.2, 0) is 92.0 Å². The summed E-state index contributed by atoms with van der Waals surface area (Å²) in [5, 5.41) is 0. The Kier molecular flexibility index (Phi) is 196. The van der Waals surface area contributed by atoms with Crippen molar-refractivity contribution in [2.75, 3.05) is 0 Å². The van der Waals surface area contributed by atoms with Crippen LogP contribution in [0.25, 0.3) is 0 Å². The van der Waals surface area contributed by atoms with E-state index in [0.717, 1.165) is 0 Å². The van der Waals surface area contributed by atoms with Gasteiger partial charge < -0.3 is 0 Å². The van der Waals surface area contributed by atoms with Gasteiger partial charge in [0.2, 0.25) is 0 Å². The molecular weight excluding hydrogens is 474 g/mol. The van der Waals surface area contributed by atoms with Gasteiger partial charge in [-0.3, -0.25) is 0 Å². The van der Waals surface area contributed by atoms with Crippen molar-refractivity contribution in [2.24, 2.45) is 0 Å². The molecule has 6 heteroatoms. The molecule has 6 heavy (non-hydrogen) atoms. The molecule has 1 nitrogen and oxygen atoms in total. The molecule has 0 saturated carbocycles. The third-order valence-electron chi connectivity index (χ3n) is 0. The molecule has 0 aliphatic rings. The van der Waals surface area contributed by atoms with Gasteiger partial charge in [0, 0.05) is 118 Å². The Bertz CT molecular complexity index is 15.5. The summed E-state index contributed by atoms with van der Waals surface area (Å²) < 4.78 is 7.83. The Hall–Kier alpha value is 3.96. The van der Waals surface area contributed by atoms with Crippen molar-refractivity contribution in [1.29, 1.82) is 0 Å². The number of rotatable bonds is 0.